The summed E-state index contributed by atoms with van der Waals surface area (Å²) in [6, 6.07) is 13.1. The Morgan fingerprint density at radius 3 is 2.50 bits per heavy atom. The monoisotopic (exact) mass is 431 g/mol. The van der Waals surface area contributed by atoms with Crippen LogP contribution in [0.1, 0.15) is 22.8 Å². The average molecular weight is 432 g/mol. The first-order chi connectivity index (χ1) is 14.4. The fourth-order valence-electron chi connectivity index (χ4n) is 4.03. The standard InChI is InChI=1S/C23H20ClF2NO3/c1-12-8-9-15(29-2)21(26)17(12)19-18-16(10-14(25)20(19)24)30-23(11-27,22(18)28)13-6-4-3-5-7-13/h3-10,22,28H,11,27H2,1-2H3/t22-,23+/m0/s1. The highest BCUT2D eigenvalue weighted by Crippen LogP contribution is 2.55. The number of benzene rings is 3. The summed E-state index contributed by atoms with van der Waals surface area (Å²) >= 11 is 6.32. The van der Waals surface area contributed by atoms with Gasteiger partial charge in [0.25, 0.3) is 0 Å². The largest absolute Gasteiger partial charge is 0.494 e. The Morgan fingerprint density at radius 2 is 1.87 bits per heavy atom. The zero-order chi connectivity index (χ0) is 21.6. The van der Waals surface area contributed by atoms with E-state index in [2.05, 4.69) is 0 Å². The van der Waals surface area contributed by atoms with Crippen molar-refractivity contribution in [3.05, 3.63) is 81.9 Å². The van der Waals surface area contributed by atoms with Crippen molar-refractivity contribution in [2.45, 2.75) is 18.6 Å². The lowest BCUT2D eigenvalue weighted by Gasteiger charge is -2.31. The summed E-state index contributed by atoms with van der Waals surface area (Å²) in [5.74, 6) is -1.45. The fraction of sp³-hybridized carbons (Fsp3) is 0.217. The summed E-state index contributed by atoms with van der Waals surface area (Å²) in [6.07, 6.45) is -1.31. The summed E-state index contributed by atoms with van der Waals surface area (Å²) < 4.78 is 41.2. The SMILES string of the molecule is COc1ccc(C)c(-c2c(Cl)c(F)cc3c2[C@H](O)[C@@](CN)(c2ccccc2)O3)c1F. The molecule has 3 aromatic rings. The number of methoxy groups -OCH3 is 1. The highest BCUT2D eigenvalue weighted by Gasteiger charge is 2.50. The number of hydrogen-bond acceptors (Lipinski definition) is 4. The lowest BCUT2D eigenvalue weighted by atomic mass is 9.83. The second-order valence-electron chi connectivity index (χ2n) is 7.20. The van der Waals surface area contributed by atoms with Gasteiger partial charge in [-0.25, -0.2) is 8.78 Å². The molecule has 7 heteroatoms. The fourth-order valence-corrected chi connectivity index (χ4v) is 4.28. The number of ether oxygens (including phenoxy) is 2. The number of aliphatic hydroxyl groups is 1. The van der Waals surface area contributed by atoms with E-state index >= 15 is 4.39 Å². The number of rotatable bonds is 4. The van der Waals surface area contributed by atoms with Crippen LogP contribution in [-0.4, -0.2) is 18.8 Å². The summed E-state index contributed by atoms with van der Waals surface area (Å²) in [4.78, 5) is 0. The van der Waals surface area contributed by atoms with E-state index < -0.39 is 23.3 Å². The number of aliphatic hydroxyl groups excluding tert-OH is 1. The molecule has 1 heterocycles. The Hall–Kier alpha value is -2.67. The minimum absolute atomic E-state index is 0.0220. The molecule has 0 fully saturated rings. The maximum atomic E-state index is 15.3. The zero-order valence-electron chi connectivity index (χ0n) is 16.4. The van der Waals surface area contributed by atoms with E-state index in [4.69, 9.17) is 26.8 Å². The minimum Gasteiger partial charge on any atom is -0.494 e. The van der Waals surface area contributed by atoms with Gasteiger partial charge in [-0.05, 0) is 24.1 Å². The van der Waals surface area contributed by atoms with E-state index in [-0.39, 0.29) is 39.8 Å². The Balaban J connectivity index is 2.03. The molecule has 0 unspecified atom stereocenters. The number of fused-ring (bicyclic) bond motifs is 1. The van der Waals surface area contributed by atoms with Gasteiger partial charge in [-0.1, -0.05) is 48.0 Å². The van der Waals surface area contributed by atoms with Gasteiger partial charge in [0.2, 0.25) is 0 Å². The van der Waals surface area contributed by atoms with Crippen LogP contribution < -0.4 is 15.2 Å². The molecule has 4 nitrogen and oxygen atoms in total. The molecule has 156 valence electrons. The Labute approximate surface area is 177 Å². The quantitative estimate of drug-likeness (QED) is 0.617. The van der Waals surface area contributed by atoms with Crippen LogP contribution in [0.25, 0.3) is 11.1 Å². The van der Waals surface area contributed by atoms with Crippen LogP contribution in [0.4, 0.5) is 8.78 Å². The molecule has 1 aliphatic heterocycles. The molecular weight excluding hydrogens is 412 g/mol. The first kappa shape index (κ1) is 20.6. The van der Waals surface area contributed by atoms with Crippen LogP contribution >= 0.6 is 11.6 Å². The molecule has 0 amide bonds. The molecule has 0 aliphatic carbocycles. The van der Waals surface area contributed by atoms with Crippen molar-refractivity contribution in [3.8, 4) is 22.6 Å². The number of hydrogen-bond donors (Lipinski definition) is 2. The molecule has 0 aromatic heterocycles. The Kier molecular flexibility index (Phi) is 5.18. The van der Waals surface area contributed by atoms with E-state index in [1.54, 1.807) is 37.3 Å². The summed E-state index contributed by atoms with van der Waals surface area (Å²) in [5, 5.41) is 11.1. The molecular formula is C23H20ClF2NO3. The molecule has 2 atom stereocenters. The number of nitrogens with two attached hydrogens (primary N) is 1. The zero-order valence-corrected chi connectivity index (χ0v) is 17.1. The maximum Gasteiger partial charge on any atom is 0.176 e. The predicted octanol–water partition coefficient (Wildman–Crippen LogP) is 4.88. The van der Waals surface area contributed by atoms with E-state index in [0.29, 0.717) is 11.1 Å². The van der Waals surface area contributed by atoms with E-state index in [1.165, 1.54) is 13.2 Å². The first-order valence-electron chi connectivity index (χ1n) is 9.33. The van der Waals surface area contributed by atoms with Crippen molar-refractivity contribution < 1.29 is 23.4 Å². The molecule has 30 heavy (non-hydrogen) atoms. The second kappa shape index (κ2) is 7.54. The second-order valence-corrected chi connectivity index (χ2v) is 7.58. The van der Waals surface area contributed by atoms with E-state index in [1.807, 2.05) is 6.07 Å². The third kappa shape index (κ3) is 2.87. The van der Waals surface area contributed by atoms with Crippen LogP contribution in [0.3, 0.4) is 0 Å². The van der Waals surface area contributed by atoms with Gasteiger partial charge in [-0.15, -0.1) is 0 Å². The van der Waals surface area contributed by atoms with Crippen molar-refractivity contribution in [1.82, 2.24) is 0 Å². The van der Waals surface area contributed by atoms with Crippen LogP contribution in [0.5, 0.6) is 11.5 Å². The number of halogens is 3. The van der Waals surface area contributed by atoms with Crippen LogP contribution in [0.2, 0.25) is 5.02 Å². The molecule has 3 aromatic carbocycles. The van der Waals surface area contributed by atoms with Crippen molar-refractivity contribution in [2.24, 2.45) is 5.73 Å². The van der Waals surface area contributed by atoms with Crippen LogP contribution in [0, 0.1) is 18.6 Å². The molecule has 0 radical (unpaired) electrons. The van der Waals surface area contributed by atoms with Gasteiger partial charge in [0, 0.05) is 29.3 Å². The summed E-state index contributed by atoms with van der Waals surface area (Å²) in [6.45, 7) is 1.58. The maximum absolute atomic E-state index is 15.3. The lowest BCUT2D eigenvalue weighted by molar-refractivity contribution is -0.0256. The van der Waals surface area contributed by atoms with Crippen LogP contribution in [-0.2, 0) is 5.60 Å². The van der Waals surface area contributed by atoms with Gasteiger partial charge in [-0.2, -0.15) is 0 Å². The lowest BCUT2D eigenvalue weighted by Crippen LogP contribution is -2.42. The van der Waals surface area contributed by atoms with Gasteiger partial charge in [0.05, 0.1) is 12.1 Å². The molecule has 3 N–H and O–H groups in total. The van der Waals surface area contributed by atoms with Crippen LogP contribution in [0.15, 0.2) is 48.5 Å². The number of aryl methyl sites for hydroxylation is 1. The van der Waals surface area contributed by atoms with E-state index in [0.717, 1.165) is 6.07 Å². The molecule has 4 rings (SSSR count). The molecule has 1 aliphatic rings. The smallest absolute Gasteiger partial charge is 0.176 e. The van der Waals surface area contributed by atoms with Crippen molar-refractivity contribution in [1.29, 1.82) is 0 Å². The third-order valence-corrected chi connectivity index (χ3v) is 5.95. The van der Waals surface area contributed by atoms with Gasteiger partial charge >= 0.3 is 0 Å². The normalized spacial score (nSPS) is 20.0. The average Bonchev–Trinajstić information content (AvgIpc) is 3.03. The molecule has 0 saturated heterocycles. The van der Waals surface area contributed by atoms with Crippen molar-refractivity contribution in [3.63, 3.8) is 0 Å². The predicted molar refractivity (Wildman–Crippen MR) is 111 cm³/mol. The topological polar surface area (TPSA) is 64.7 Å². The van der Waals surface area contributed by atoms with Crippen molar-refractivity contribution >= 4 is 11.6 Å². The highest BCUT2D eigenvalue weighted by atomic mass is 35.5. The molecule has 0 spiro atoms. The van der Waals surface area contributed by atoms with Gasteiger partial charge in [0.1, 0.15) is 17.7 Å². The van der Waals surface area contributed by atoms with Gasteiger partial charge in [-0.3, -0.25) is 0 Å². The van der Waals surface area contributed by atoms with Gasteiger partial charge in [0.15, 0.2) is 17.2 Å². The Morgan fingerprint density at radius 1 is 1.17 bits per heavy atom. The summed E-state index contributed by atoms with van der Waals surface area (Å²) in [5.41, 5.74) is 6.04. The minimum atomic E-state index is -1.36. The highest BCUT2D eigenvalue weighted by molar-refractivity contribution is 6.34. The molecule has 0 saturated carbocycles. The Bertz CT molecular complexity index is 1120. The summed E-state index contributed by atoms with van der Waals surface area (Å²) in [7, 11) is 1.34. The molecule has 0 bridgehead atoms. The van der Waals surface area contributed by atoms with Crippen molar-refractivity contribution in [2.75, 3.05) is 13.7 Å². The van der Waals surface area contributed by atoms with Gasteiger partial charge < -0.3 is 20.3 Å². The van der Waals surface area contributed by atoms with E-state index in [9.17, 15) is 9.50 Å². The third-order valence-electron chi connectivity index (χ3n) is 5.58. The first-order valence-corrected chi connectivity index (χ1v) is 9.71.